The van der Waals surface area contributed by atoms with Crippen molar-refractivity contribution in [3.8, 4) is 0 Å². The molecule has 1 atom stereocenters. The van der Waals surface area contributed by atoms with E-state index in [1.807, 2.05) is 13.0 Å². The zero-order valence-electron chi connectivity index (χ0n) is 16.3. The Labute approximate surface area is 159 Å². The second-order valence-corrected chi connectivity index (χ2v) is 7.18. The lowest BCUT2D eigenvalue weighted by atomic mass is 10.0. The van der Waals surface area contributed by atoms with Crippen LogP contribution in [0.3, 0.4) is 0 Å². The third-order valence-electron chi connectivity index (χ3n) is 5.14. The van der Waals surface area contributed by atoms with Crippen LogP contribution >= 0.6 is 0 Å². The van der Waals surface area contributed by atoms with Crippen LogP contribution in [0, 0.1) is 5.92 Å². The number of morpholine rings is 1. The highest BCUT2D eigenvalue weighted by Crippen LogP contribution is 2.15. The largest absolute Gasteiger partial charge is 0.379 e. The van der Waals surface area contributed by atoms with Crippen LogP contribution in [0.25, 0.3) is 10.8 Å². The van der Waals surface area contributed by atoms with Crippen molar-refractivity contribution in [1.82, 2.24) is 20.0 Å². The van der Waals surface area contributed by atoms with Crippen molar-refractivity contribution in [2.45, 2.75) is 33.4 Å². The SMILES string of the molecule is CCn1nc(C(=O)NC[C@@H](C(C)C)N2CCOCC2)c2ccccc2c1=O. The highest BCUT2D eigenvalue weighted by molar-refractivity contribution is 6.04. The summed E-state index contributed by atoms with van der Waals surface area (Å²) in [6.45, 7) is 10.3. The van der Waals surface area contributed by atoms with Gasteiger partial charge in [-0.2, -0.15) is 5.10 Å². The molecule has 2 aromatic rings. The lowest BCUT2D eigenvalue weighted by Crippen LogP contribution is -2.51. The van der Waals surface area contributed by atoms with Gasteiger partial charge in [0.25, 0.3) is 11.5 Å². The van der Waals surface area contributed by atoms with Crippen LogP contribution in [-0.2, 0) is 11.3 Å². The fourth-order valence-electron chi connectivity index (χ4n) is 3.59. The maximum absolute atomic E-state index is 12.9. The van der Waals surface area contributed by atoms with Crippen LogP contribution in [0.4, 0.5) is 0 Å². The highest BCUT2D eigenvalue weighted by atomic mass is 16.5. The molecule has 0 unspecified atom stereocenters. The Balaban J connectivity index is 1.83. The van der Waals surface area contributed by atoms with E-state index in [4.69, 9.17) is 4.74 Å². The predicted molar refractivity (Wildman–Crippen MR) is 105 cm³/mol. The van der Waals surface area contributed by atoms with E-state index in [0.717, 1.165) is 26.3 Å². The van der Waals surface area contributed by atoms with Gasteiger partial charge < -0.3 is 10.1 Å². The summed E-state index contributed by atoms with van der Waals surface area (Å²) in [6, 6.07) is 7.38. The number of ether oxygens (including phenoxy) is 1. The van der Waals surface area contributed by atoms with Crippen molar-refractivity contribution in [3.63, 3.8) is 0 Å². The number of rotatable bonds is 6. The van der Waals surface area contributed by atoms with Gasteiger partial charge in [-0.15, -0.1) is 0 Å². The van der Waals surface area contributed by atoms with Crippen LogP contribution in [0.1, 0.15) is 31.3 Å². The second kappa shape index (κ2) is 8.63. The van der Waals surface area contributed by atoms with E-state index >= 15 is 0 Å². The van der Waals surface area contributed by atoms with Gasteiger partial charge in [0.05, 0.1) is 18.6 Å². The molecule has 1 saturated heterocycles. The molecule has 1 amide bonds. The minimum absolute atomic E-state index is 0.168. The number of nitrogens with one attached hydrogen (secondary N) is 1. The number of hydrogen-bond donors (Lipinski definition) is 1. The molecule has 146 valence electrons. The Bertz CT molecular complexity index is 856. The lowest BCUT2D eigenvalue weighted by molar-refractivity contribution is 0.00671. The van der Waals surface area contributed by atoms with Crippen LogP contribution < -0.4 is 10.9 Å². The molecule has 1 fully saturated rings. The monoisotopic (exact) mass is 372 g/mol. The van der Waals surface area contributed by atoms with E-state index in [2.05, 4.69) is 29.2 Å². The molecule has 27 heavy (non-hydrogen) atoms. The Kier molecular flexibility index (Phi) is 6.23. The van der Waals surface area contributed by atoms with E-state index in [-0.39, 0.29) is 17.5 Å². The van der Waals surface area contributed by atoms with Gasteiger partial charge in [0.2, 0.25) is 0 Å². The van der Waals surface area contributed by atoms with Crippen molar-refractivity contribution < 1.29 is 9.53 Å². The number of aryl methyl sites for hydroxylation is 1. The van der Waals surface area contributed by atoms with Gasteiger partial charge >= 0.3 is 0 Å². The fraction of sp³-hybridized carbons (Fsp3) is 0.550. The van der Waals surface area contributed by atoms with Gasteiger partial charge in [-0.25, -0.2) is 4.68 Å². The van der Waals surface area contributed by atoms with E-state index < -0.39 is 0 Å². The van der Waals surface area contributed by atoms with Gasteiger partial charge in [0, 0.05) is 37.6 Å². The molecule has 1 aliphatic rings. The Morgan fingerprint density at radius 1 is 1.22 bits per heavy atom. The van der Waals surface area contributed by atoms with Gasteiger partial charge in [0.1, 0.15) is 0 Å². The first-order valence-electron chi connectivity index (χ1n) is 9.62. The number of aromatic nitrogens is 2. The lowest BCUT2D eigenvalue weighted by Gasteiger charge is -2.36. The van der Waals surface area contributed by atoms with Crippen molar-refractivity contribution in [2.24, 2.45) is 5.92 Å². The summed E-state index contributed by atoms with van der Waals surface area (Å²) in [5, 5.41) is 8.47. The van der Waals surface area contributed by atoms with Crippen LogP contribution in [0.5, 0.6) is 0 Å². The molecule has 0 saturated carbocycles. The summed E-state index contributed by atoms with van der Waals surface area (Å²) >= 11 is 0. The second-order valence-electron chi connectivity index (χ2n) is 7.18. The summed E-state index contributed by atoms with van der Waals surface area (Å²) in [5.41, 5.74) is 0.134. The van der Waals surface area contributed by atoms with E-state index in [1.54, 1.807) is 18.2 Å². The molecule has 1 aliphatic heterocycles. The minimum atomic E-state index is -0.243. The Hall–Kier alpha value is -2.25. The van der Waals surface area contributed by atoms with Crippen LogP contribution in [-0.4, -0.2) is 59.5 Å². The first kappa shape index (κ1) is 19.5. The zero-order chi connectivity index (χ0) is 19.4. The minimum Gasteiger partial charge on any atom is -0.379 e. The molecule has 3 rings (SSSR count). The number of fused-ring (bicyclic) bond motifs is 1. The maximum Gasteiger partial charge on any atom is 0.274 e. The van der Waals surface area contributed by atoms with Crippen molar-refractivity contribution in [1.29, 1.82) is 0 Å². The Morgan fingerprint density at radius 2 is 1.89 bits per heavy atom. The molecule has 1 aromatic heterocycles. The number of carbonyl (C=O) groups excluding carboxylic acids is 1. The molecular formula is C20H28N4O3. The van der Waals surface area contributed by atoms with E-state index in [9.17, 15) is 9.59 Å². The molecule has 0 spiro atoms. The summed E-state index contributed by atoms with van der Waals surface area (Å²) in [4.78, 5) is 27.7. The van der Waals surface area contributed by atoms with Crippen LogP contribution in [0.15, 0.2) is 29.1 Å². The maximum atomic E-state index is 12.9. The number of benzene rings is 1. The summed E-state index contributed by atoms with van der Waals surface area (Å²) in [6.07, 6.45) is 0. The molecule has 1 aromatic carbocycles. The molecule has 0 radical (unpaired) electrons. The number of nitrogens with zero attached hydrogens (tertiary/aromatic N) is 3. The molecule has 7 nitrogen and oxygen atoms in total. The Morgan fingerprint density at radius 3 is 2.52 bits per heavy atom. The molecular weight excluding hydrogens is 344 g/mol. The van der Waals surface area contributed by atoms with Gasteiger partial charge in [-0.3, -0.25) is 14.5 Å². The zero-order valence-corrected chi connectivity index (χ0v) is 16.3. The van der Waals surface area contributed by atoms with E-state index in [0.29, 0.717) is 35.5 Å². The van der Waals surface area contributed by atoms with Gasteiger partial charge in [-0.05, 0) is 18.9 Å². The van der Waals surface area contributed by atoms with Crippen molar-refractivity contribution in [3.05, 3.63) is 40.3 Å². The number of amides is 1. The summed E-state index contributed by atoms with van der Waals surface area (Å²) < 4.78 is 6.78. The van der Waals surface area contributed by atoms with Crippen LogP contribution in [0.2, 0.25) is 0 Å². The summed E-state index contributed by atoms with van der Waals surface area (Å²) in [7, 11) is 0. The molecule has 1 N–H and O–H groups in total. The average Bonchev–Trinajstić information content (AvgIpc) is 2.69. The first-order chi connectivity index (χ1) is 13.0. The topological polar surface area (TPSA) is 76.5 Å². The number of hydrogen-bond acceptors (Lipinski definition) is 5. The molecule has 0 bridgehead atoms. The molecule has 7 heteroatoms. The fourth-order valence-corrected chi connectivity index (χ4v) is 3.59. The quantitative estimate of drug-likeness (QED) is 0.832. The molecule has 2 heterocycles. The predicted octanol–water partition coefficient (Wildman–Crippen LogP) is 1.50. The van der Waals surface area contributed by atoms with Crippen molar-refractivity contribution >= 4 is 16.7 Å². The van der Waals surface area contributed by atoms with E-state index in [1.165, 1.54) is 4.68 Å². The third kappa shape index (κ3) is 4.20. The van der Waals surface area contributed by atoms with Gasteiger partial charge in [0.15, 0.2) is 5.69 Å². The van der Waals surface area contributed by atoms with Crippen molar-refractivity contribution in [2.75, 3.05) is 32.8 Å². The summed E-state index contributed by atoms with van der Waals surface area (Å²) in [5.74, 6) is 0.157. The highest BCUT2D eigenvalue weighted by Gasteiger charge is 2.25. The van der Waals surface area contributed by atoms with Gasteiger partial charge in [-0.1, -0.05) is 32.0 Å². The average molecular weight is 372 g/mol. The first-order valence-corrected chi connectivity index (χ1v) is 9.62. The standard InChI is InChI=1S/C20H28N4O3/c1-4-24-20(26)16-8-6-5-7-15(16)18(22-24)19(25)21-13-17(14(2)3)23-9-11-27-12-10-23/h5-8,14,17H,4,9-13H2,1-3H3,(H,21,25)/t17-/m0/s1. The number of carbonyl (C=O) groups is 1. The third-order valence-corrected chi connectivity index (χ3v) is 5.14. The molecule has 0 aliphatic carbocycles. The smallest absolute Gasteiger partial charge is 0.274 e. The normalized spacial score (nSPS) is 16.6.